The number of carbonyl (C=O) groups excluding carboxylic acids is 1. The van der Waals surface area contributed by atoms with Gasteiger partial charge in [-0.2, -0.15) is 0 Å². The number of carbonyl (C=O) groups is 1. The van der Waals surface area contributed by atoms with E-state index in [1.165, 1.54) is 7.11 Å². The normalized spacial score (nSPS) is 13.7. The first-order valence-corrected chi connectivity index (χ1v) is 5.41. The Balaban J connectivity index is 0.00000162. The molecule has 18 heavy (non-hydrogen) atoms. The van der Waals surface area contributed by atoms with Crippen LogP contribution in [-0.4, -0.2) is 19.9 Å². The molecule has 100 valence electrons. The summed E-state index contributed by atoms with van der Waals surface area (Å²) >= 11 is 6.06. The number of nitrogens with two attached hydrogens (primary N) is 1. The molecule has 2 rings (SSSR count). The lowest BCUT2D eigenvalue weighted by Gasteiger charge is -2.13. The van der Waals surface area contributed by atoms with Crippen LogP contribution in [0.5, 0.6) is 11.5 Å². The molecule has 1 aromatic carbocycles. The zero-order valence-corrected chi connectivity index (χ0v) is 11.2. The van der Waals surface area contributed by atoms with Gasteiger partial charge in [0.1, 0.15) is 0 Å². The summed E-state index contributed by atoms with van der Waals surface area (Å²) < 4.78 is 15.0. The molecule has 0 saturated heterocycles. The van der Waals surface area contributed by atoms with Gasteiger partial charge >= 0.3 is 5.97 Å². The minimum atomic E-state index is -0.524. The Morgan fingerprint density at radius 3 is 2.72 bits per heavy atom. The third-order valence-corrected chi connectivity index (χ3v) is 2.83. The van der Waals surface area contributed by atoms with Crippen molar-refractivity contribution in [3.63, 3.8) is 0 Å². The molecule has 0 bridgehead atoms. The highest BCUT2D eigenvalue weighted by Gasteiger charge is 2.21. The quantitative estimate of drug-likeness (QED) is 0.864. The summed E-state index contributed by atoms with van der Waals surface area (Å²) in [7, 11) is 1.32. The summed E-state index contributed by atoms with van der Waals surface area (Å²) in [5.74, 6) is 0.792. The van der Waals surface area contributed by atoms with Crippen molar-refractivity contribution in [3.05, 3.63) is 22.7 Å². The monoisotopic (exact) mass is 293 g/mol. The van der Waals surface area contributed by atoms with Crippen LogP contribution in [0.4, 0.5) is 0 Å². The molecule has 0 radical (unpaired) electrons. The SMILES string of the molecule is COC(=O)C[C@@H](N)c1cc2c(cc1Cl)OCO2.Cl. The number of ether oxygens (including phenoxy) is 3. The van der Waals surface area contributed by atoms with Gasteiger partial charge in [-0.3, -0.25) is 4.79 Å². The van der Waals surface area contributed by atoms with Gasteiger partial charge in [-0.1, -0.05) is 11.6 Å². The fraction of sp³-hybridized carbons (Fsp3) is 0.364. The van der Waals surface area contributed by atoms with Crippen LogP contribution in [0.2, 0.25) is 5.02 Å². The van der Waals surface area contributed by atoms with E-state index in [9.17, 15) is 4.79 Å². The minimum Gasteiger partial charge on any atom is -0.469 e. The van der Waals surface area contributed by atoms with Crippen molar-refractivity contribution in [2.45, 2.75) is 12.5 Å². The van der Waals surface area contributed by atoms with E-state index in [1.807, 2.05) is 0 Å². The van der Waals surface area contributed by atoms with E-state index in [-0.39, 0.29) is 31.6 Å². The van der Waals surface area contributed by atoms with Gasteiger partial charge in [0.05, 0.1) is 13.5 Å². The highest BCUT2D eigenvalue weighted by molar-refractivity contribution is 6.31. The molecular formula is C11H13Cl2NO4. The average molecular weight is 294 g/mol. The first-order chi connectivity index (χ1) is 8.11. The standard InChI is InChI=1S/C11H12ClNO4.ClH/c1-15-11(14)4-8(13)6-2-9-10(3-7(6)12)17-5-16-9;/h2-3,8H,4-5,13H2,1H3;1H/t8-;/m1./s1. The summed E-state index contributed by atoms with van der Waals surface area (Å²) in [5.41, 5.74) is 6.52. The number of fused-ring (bicyclic) bond motifs is 1. The summed E-state index contributed by atoms with van der Waals surface area (Å²) in [6.45, 7) is 0.168. The smallest absolute Gasteiger partial charge is 0.307 e. The number of hydrogen-bond donors (Lipinski definition) is 1. The molecule has 1 aliphatic heterocycles. The molecule has 1 aliphatic rings. The molecule has 0 aromatic heterocycles. The fourth-order valence-electron chi connectivity index (χ4n) is 1.59. The van der Waals surface area contributed by atoms with E-state index in [1.54, 1.807) is 12.1 Å². The molecule has 1 aromatic rings. The second-order valence-electron chi connectivity index (χ2n) is 3.61. The molecule has 0 saturated carbocycles. The molecule has 2 N–H and O–H groups in total. The maximum absolute atomic E-state index is 11.1. The lowest BCUT2D eigenvalue weighted by atomic mass is 10.0. The summed E-state index contributed by atoms with van der Waals surface area (Å²) in [4.78, 5) is 11.1. The molecule has 1 heterocycles. The number of halogens is 2. The molecule has 1 atom stereocenters. The Morgan fingerprint density at radius 1 is 1.50 bits per heavy atom. The molecule has 0 aliphatic carbocycles. The fourth-order valence-corrected chi connectivity index (χ4v) is 1.88. The van der Waals surface area contributed by atoms with Crippen molar-refractivity contribution in [1.29, 1.82) is 0 Å². The van der Waals surface area contributed by atoms with Gasteiger partial charge in [0.25, 0.3) is 0 Å². The molecule has 0 spiro atoms. The van der Waals surface area contributed by atoms with Crippen LogP contribution in [0.1, 0.15) is 18.0 Å². The Labute approximate surface area is 116 Å². The predicted molar refractivity (Wildman–Crippen MR) is 68.4 cm³/mol. The summed E-state index contributed by atoms with van der Waals surface area (Å²) in [5, 5.41) is 0.450. The van der Waals surface area contributed by atoms with Crippen molar-refractivity contribution in [3.8, 4) is 11.5 Å². The zero-order valence-electron chi connectivity index (χ0n) is 9.64. The van der Waals surface area contributed by atoms with E-state index in [4.69, 9.17) is 26.8 Å². The van der Waals surface area contributed by atoms with Crippen LogP contribution in [0.25, 0.3) is 0 Å². The highest BCUT2D eigenvalue weighted by atomic mass is 35.5. The predicted octanol–water partition coefficient (Wildman–Crippen LogP) is 2.05. The van der Waals surface area contributed by atoms with Gasteiger partial charge in [0, 0.05) is 17.1 Å². The Bertz CT molecular complexity index is 453. The number of esters is 1. The van der Waals surface area contributed by atoms with Gasteiger partial charge in [-0.25, -0.2) is 0 Å². The lowest BCUT2D eigenvalue weighted by Crippen LogP contribution is -2.16. The molecule has 5 nitrogen and oxygen atoms in total. The highest BCUT2D eigenvalue weighted by Crippen LogP contribution is 2.38. The van der Waals surface area contributed by atoms with Crippen molar-refractivity contribution in [2.24, 2.45) is 5.73 Å². The number of benzene rings is 1. The molecule has 0 fully saturated rings. The average Bonchev–Trinajstić information content (AvgIpc) is 2.74. The van der Waals surface area contributed by atoms with Gasteiger partial charge in [0.15, 0.2) is 11.5 Å². The number of methoxy groups -OCH3 is 1. The van der Waals surface area contributed by atoms with Gasteiger partial charge < -0.3 is 19.9 Å². The largest absolute Gasteiger partial charge is 0.469 e. The van der Waals surface area contributed by atoms with Crippen LogP contribution < -0.4 is 15.2 Å². The molecule has 7 heteroatoms. The van der Waals surface area contributed by atoms with E-state index < -0.39 is 6.04 Å². The second-order valence-corrected chi connectivity index (χ2v) is 4.02. The van der Waals surface area contributed by atoms with Crippen molar-refractivity contribution < 1.29 is 19.0 Å². The van der Waals surface area contributed by atoms with E-state index in [2.05, 4.69) is 4.74 Å². The molecule has 0 unspecified atom stereocenters. The van der Waals surface area contributed by atoms with E-state index in [0.29, 0.717) is 22.1 Å². The summed E-state index contributed by atoms with van der Waals surface area (Å²) in [6, 6.07) is 2.80. The number of rotatable bonds is 3. The second kappa shape index (κ2) is 6.13. The molecular weight excluding hydrogens is 281 g/mol. The zero-order chi connectivity index (χ0) is 12.4. The Hall–Kier alpha value is -1.17. The third kappa shape index (κ3) is 2.98. The van der Waals surface area contributed by atoms with Gasteiger partial charge in [-0.15, -0.1) is 12.4 Å². The van der Waals surface area contributed by atoms with E-state index in [0.717, 1.165) is 0 Å². The maximum atomic E-state index is 11.1. The maximum Gasteiger partial charge on any atom is 0.307 e. The van der Waals surface area contributed by atoms with Gasteiger partial charge in [0.2, 0.25) is 6.79 Å². The first-order valence-electron chi connectivity index (χ1n) is 5.03. The Kier molecular flexibility index (Phi) is 5.07. The summed E-state index contributed by atoms with van der Waals surface area (Å²) in [6.07, 6.45) is 0.0653. The van der Waals surface area contributed by atoms with Crippen molar-refractivity contribution >= 4 is 30.0 Å². The van der Waals surface area contributed by atoms with E-state index >= 15 is 0 Å². The third-order valence-electron chi connectivity index (χ3n) is 2.51. The topological polar surface area (TPSA) is 70.8 Å². The van der Waals surface area contributed by atoms with Gasteiger partial charge in [-0.05, 0) is 11.6 Å². The first kappa shape index (κ1) is 14.9. The Morgan fingerprint density at radius 2 is 2.11 bits per heavy atom. The van der Waals surface area contributed by atoms with Crippen LogP contribution in [-0.2, 0) is 9.53 Å². The van der Waals surface area contributed by atoms with Crippen LogP contribution in [0, 0.1) is 0 Å². The van der Waals surface area contributed by atoms with Crippen LogP contribution >= 0.6 is 24.0 Å². The lowest BCUT2D eigenvalue weighted by molar-refractivity contribution is -0.141. The minimum absolute atomic E-state index is 0. The van der Waals surface area contributed by atoms with Crippen LogP contribution in [0.15, 0.2) is 12.1 Å². The number of hydrogen-bond acceptors (Lipinski definition) is 5. The van der Waals surface area contributed by atoms with Crippen molar-refractivity contribution in [2.75, 3.05) is 13.9 Å². The van der Waals surface area contributed by atoms with Crippen molar-refractivity contribution in [1.82, 2.24) is 0 Å². The molecule has 0 amide bonds. The van der Waals surface area contributed by atoms with Crippen LogP contribution in [0.3, 0.4) is 0 Å².